The summed E-state index contributed by atoms with van der Waals surface area (Å²) >= 11 is 0. The Morgan fingerprint density at radius 2 is 1.58 bits per heavy atom. The molecule has 5 nitrogen and oxygen atoms in total. The number of aryl methyl sites for hydroxylation is 1. The zero-order valence-electron chi connectivity index (χ0n) is 21.7. The first-order valence-electron chi connectivity index (χ1n) is 12.8. The van der Waals surface area contributed by atoms with Crippen molar-refractivity contribution in [3.63, 3.8) is 0 Å². The summed E-state index contributed by atoms with van der Waals surface area (Å²) < 4.78 is 5.79. The molecule has 36 heavy (non-hydrogen) atoms. The summed E-state index contributed by atoms with van der Waals surface area (Å²) in [5.41, 5.74) is 3.16. The van der Waals surface area contributed by atoms with Gasteiger partial charge in [-0.25, -0.2) is 0 Å². The number of para-hydroxylation sites is 1. The van der Waals surface area contributed by atoms with Crippen LogP contribution in [0.1, 0.15) is 49.8 Å². The van der Waals surface area contributed by atoms with Gasteiger partial charge >= 0.3 is 0 Å². The van der Waals surface area contributed by atoms with E-state index in [4.69, 9.17) is 4.74 Å². The van der Waals surface area contributed by atoms with Crippen LogP contribution in [0.5, 0.6) is 5.75 Å². The number of amides is 2. The van der Waals surface area contributed by atoms with E-state index < -0.39 is 6.04 Å². The summed E-state index contributed by atoms with van der Waals surface area (Å²) in [5.74, 6) is 0.625. The van der Waals surface area contributed by atoms with E-state index in [0.29, 0.717) is 32.4 Å². The zero-order valence-corrected chi connectivity index (χ0v) is 21.7. The monoisotopic (exact) mass is 486 g/mol. The fraction of sp³-hybridized carbons (Fsp3) is 0.355. The predicted octanol–water partition coefficient (Wildman–Crippen LogP) is 5.71. The largest absolute Gasteiger partial charge is 0.494 e. The number of carbonyl (C=O) groups is 2. The number of rotatable bonds is 13. The molecule has 0 saturated heterocycles. The Kier molecular flexibility index (Phi) is 10.6. The Bertz CT molecular complexity index is 1090. The number of nitrogens with zero attached hydrogens (tertiary/aromatic N) is 1. The van der Waals surface area contributed by atoms with Crippen molar-refractivity contribution in [1.29, 1.82) is 0 Å². The lowest BCUT2D eigenvalue weighted by atomic mass is 10.0. The molecule has 2 amide bonds. The maximum Gasteiger partial charge on any atom is 0.243 e. The molecular weight excluding hydrogens is 448 g/mol. The summed E-state index contributed by atoms with van der Waals surface area (Å²) in [6.07, 6.45) is 2.16. The molecule has 0 aliphatic heterocycles. The Morgan fingerprint density at radius 3 is 2.25 bits per heavy atom. The number of hydrogen-bond acceptors (Lipinski definition) is 3. The summed E-state index contributed by atoms with van der Waals surface area (Å²) in [5, 5.41) is 3.11. The molecule has 2 atom stereocenters. The molecule has 1 N–H and O–H groups in total. The molecule has 0 radical (unpaired) electrons. The maximum atomic E-state index is 13.6. The minimum absolute atomic E-state index is 0.0333. The van der Waals surface area contributed by atoms with Crippen molar-refractivity contribution in [2.75, 3.05) is 6.61 Å². The van der Waals surface area contributed by atoms with Crippen molar-refractivity contribution < 1.29 is 14.3 Å². The third-order valence-corrected chi connectivity index (χ3v) is 6.25. The molecule has 0 fully saturated rings. The highest BCUT2D eigenvalue weighted by molar-refractivity contribution is 5.88. The van der Waals surface area contributed by atoms with Crippen LogP contribution in [0.25, 0.3) is 0 Å². The van der Waals surface area contributed by atoms with Gasteiger partial charge in [0.2, 0.25) is 11.8 Å². The maximum absolute atomic E-state index is 13.6. The van der Waals surface area contributed by atoms with Crippen LogP contribution < -0.4 is 10.1 Å². The van der Waals surface area contributed by atoms with Gasteiger partial charge in [-0.3, -0.25) is 9.59 Å². The van der Waals surface area contributed by atoms with Crippen molar-refractivity contribution in [1.82, 2.24) is 10.2 Å². The van der Waals surface area contributed by atoms with E-state index in [-0.39, 0.29) is 17.9 Å². The lowest BCUT2D eigenvalue weighted by molar-refractivity contribution is -0.141. The van der Waals surface area contributed by atoms with E-state index in [0.717, 1.165) is 28.9 Å². The van der Waals surface area contributed by atoms with Gasteiger partial charge in [0.15, 0.2) is 0 Å². The van der Waals surface area contributed by atoms with Crippen molar-refractivity contribution in [3.05, 3.63) is 102 Å². The molecule has 0 heterocycles. The molecule has 0 aromatic heterocycles. The lowest BCUT2D eigenvalue weighted by Gasteiger charge is -2.32. The van der Waals surface area contributed by atoms with Gasteiger partial charge in [0, 0.05) is 25.4 Å². The van der Waals surface area contributed by atoms with Crippen LogP contribution in [0, 0.1) is 6.92 Å². The van der Waals surface area contributed by atoms with Crippen LogP contribution in [0.15, 0.2) is 84.9 Å². The Labute approximate surface area is 215 Å². The van der Waals surface area contributed by atoms with Crippen LogP contribution in [0.2, 0.25) is 0 Å². The fourth-order valence-electron chi connectivity index (χ4n) is 4.08. The molecule has 3 aromatic rings. The minimum Gasteiger partial charge on any atom is -0.494 e. The smallest absolute Gasteiger partial charge is 0.243 e. The summed E-state index contributed by atoms with van der Waals surface area (Å²) in [6.45, 7) is 6.89. The lowest BCUT2D eigenvalue weighted by Crippen LogP contribution is -2.52. The highest BCUT2D eigenvalue weighted by atomic mass is 16.5. The average molecular weight is 487 g/mol. The first kappa shape index (κ1) is 27.0. The second-order valence-electron chi connectivity index (χ2n) is 9.30. The molecule has 190 valence electrons. The summed E-state index contributed by atoms with van der Waals surface area (Å²) in [6, 6.07) is 27.0. The van der Waals surface area contributed by atoms with Crippen molar-refractivity contribution in [3.8, 4) is 5.75 Å². The molecule has 0 saturated carbocycles. The van der Waals surface area contributed by atoms with E-state index >= 15 is 0 Å². The van der Waals surface area contributed by atoms with E-state index in [9.17, 15) is 9.59 Å². The molecule has 0 spiro atoms. The molecule has 3 rings (SSSR count). The number of ether oxygens (including phenoxy) is 1. The molecule has 0 aliphatic carbocycles. The average Bonchev–Trinajstić information content (AvgIpc) is 2.89. The minimum atomic E-state index is -0.607. The van der Waals surface area contributed by atoms with Gasteiger partial charge in [-0.05, 0) is 49.9 Å². The highest BCUT2D eigenvalue weighted by Gasteiger charge is 2.30. The van der Waals surface area contributed by atoms with Crippen molar-refractivity contribution >= 4 is 11.8 Å². The number of benzene rings is 3. The van der Waals surface area contributed by atoms with E-state index in [1.54, 1.807) is 4.90 Å². The second kappa shape index (κ2) is 14.1. The SMILES string of the molecule is CC[C@H](C)NC(=O)[C@@H](Cc1ccccc1)N(Cc1cccc(C)c1)C(=O)CCCOc1ccccc1. The van der Waals surface area contributed by atoms with Crippen LogP contribution in [-0.4, -0.2) is 35.4 Å². The predicted molar refractivity (Wildman–Crippen MR) is 145 cm³/mol. The highest BCUT2D eigenvalue weighted by Crippen LogP contribution is 2.18. The first-order chi connectivity index (χ1) is 17.5. The number of hydrogen-bond donors (Lipinski definition) is 1. The second-order valence-corrected chi connectivity index (χ2v) is 9.30. The normalized spacial score (nSPS) is 12.4. The number of nitrogens with one attached hydrogen (secondary N) is 1. The van der Waals surface area contributed by atoms with Gasteiger partial charge in [-0.1, -0.05) is 85.3 Å². The van der Waals surface area contributed by atoms with Crippen molar-refractivity contribution in [2.45, 2.75) is 65.1 Å². The topological polar surface area (TPSA) is 58.6 Å². The van der Waals surface area contributed by atoms with E-state index in [1.165, 1.54) is 0 Å². The zero-order chi connectivity index (χ0) is 25.8. The summed E-state index contributed by atoms with van der Waals surface area (Å²) in [7, 11) is 0. The van der Waals surface area contributed by atoms with Gasteiger partial charge in [-0.2, -0.15) is 0 Å². The van der Waals surface area contributed by atoms with E-state index in [1.807, 2.05) is 99.6 Å². The Morgan fingerprint density at radius 1 is 0.917 bits per heavy atom. The van der Waals surface area contributed by atoms with Gasteiger partial charge in [0.05, 0.1) is 6.61 Å². The molecule has 0 bridgehead atoms. The molecule has 3 aromatic carbocycles. The molecule has 0 unspecified atom stereocenters. The third-order valence-electron chi connectivity index (χ3n) is 6.25. The third kappa shape index (κ3) is 8.56. The van der Waals surface area contributed by atoms with Crippen LogP contribution in [0.3, 0.4) is 0 Å². The molecular formula is C31H38N2O3. The molecule has 5 heteroatoms. The van der Waals surface area contributed by atoms with E-state index in [2.05, 4.69) is 11.4 Å². The Balaban J connectivity index is 1.80. The van der Waals surface area contributed by atoms with Crippen LogP contribution >= 0.6 is 0 Å². The first-order valence-corrected chi connectivity index (χ1v) is 12.8. The number of carbonyl (C=O) groups excluding carboxylic acids is 2. The molecule has 0 aliphatic rings. The van der Waals surface area contributed by atoms with Gasteiger partial charge in [0.1, 0.15) is 11.8 Å². The van der Waals surface area contributed by atoms with Crippen LogP contribution in [0.4, 0.5) is 0 Å². The van der Waals surface area contributed by atoms with Gasteiger partial charge in [0.25, 0.3) is 0 Å². The van der Waals surface area contributed by atoms with Crippen molar-refractivity contribution in [2.24, 2.45) is 0 Å². The van der Waals surface area contributed by atoms with Crippen LogP contribution in [-0.2, 0) is 22.6 Å². The summed E-state index contributed by atoms with van der Waals surface area (Å²) in [4.78, 5) is 28.9. The fourth-order valence-corrected chi connectivity index (χ4v) is 4.08. The Hall–Kier alpha value is -3.60. The standard InChI is InChI=1S/C31H38N2O3/c1-4-25(3)32-31(35)29(22-26-14-7-5-8-15-26)33(23-27-16-11-13-24(2)21-27)30(34)19-12-20-36-28-17-9-6-10-18-28/h5-11,13-18,21,25,29H,4,12,19-20,22-23H2,1-3H3,(H,32,35)/t25-,29+/m0/s1. The van der Waals surface area contributed by atoms with Gasteiger partial charge in [-0.15, -0.1) is 0 Å². The quantitative estimate of drug-likeness (QED) is 0.315. The van der Waals surface area contributed by atoms with Gasteiger partial charge < -0.3 is 15.0 Å².